The molecular formula is C12H16ClN3. The third-order valence-corrected chi connectivity index (χ3v) is 2.61. The van der Waals surface area contributed by atoms with Crippen molar-refractivity contribution in [2.45, 2.75) is 39.7 Å². The van der Waals surface area contributed by atoms with Gasteiger partial charge in [0.2, 0.25) is 0 Å². The third-order valence-electron chi connectivity index (χ3n) is 2.24. The first-order chi connectivity index (χ1) is 7.39. The number of terminal acetylenes is 1. The summed E-state index contributed by atoms with van der Waals surface area (Å²) in [6.07, 6.45) is 6.17. The van der Waals surface area contributed by atoms with Crippen LogP contribution in [0.1, 0.15) is 32.2 Å². The molecule has 1 rings (SSSR count). The van der Waals surface area contributed by atoms with Crippen molar-refractivity contribution in [1.29, 1.82) is 0 Å². The van der Waals surface area contributed by atoms with Gasteiger partial charge in [0.15, 0.2) is 0 Å². The van der Waals surface area contributed by atoms with Crippen molar-refractivity contribution in [2.75, 3.05) is 5.32 Å². The van der Waals surface area contributed by atoms with E-state index in [1.165, 1.54) is 0 Å². The van der Waals surface area contributed by atoms with E-state index in [0.717, 1.165) is 12.0 Å². The highest BCUT2D eigenvalue weighted by molar-refractivity contribution is 6.30. The Morgan fingerprint density at radius 3 is 2.56 bits per heavy atom. The van der Waals surface area contributed by atoms with E-state index in [1.54, 1.807) is 0 Å². The van der Waals surface area contributed by atoms with Gasteiger partial charge in [-0.2, -0.15) is 0 Å². The standard InChI is InChI=1S/C12H16ClN3/c1-6-9-14-10(13)8(3)11(15-9)16-12(4,5)7-2/h2H,6H2,1,3-5H3,(H,14,15,16). The molecule has 1 N–H and O–H groups in total. The molecule has 0 fully saturated rings. The second-order valence-electron chi connectivity index (χ2n) is 4.15. The zero-order valence-corrected chi connectivity index (χ0v) is 10.8. The Kier molecular flexibility index (Phi) is 3.77. The van der Waals surface area contributed by atoms with Gasteiger partial charge in [0.05, 0.1) is 5.54 Å². The summed E-state index contributed by atoms with van der Waals surface area (Å²) in [5, 5.41) is 3.65. The first-order valence-electron chi connectivity index (χ1n) is 5.18. The van der Waals surface area contributed by atoms with Crippen molar-refractivity contribution in [2.24, 2.45) is 0 Å². The van der Waals surface area contributed by atoms with Crippen LogP contribution >= 0.6 is 11.6 Å². The number of rotatable bonds is 3. The van der Waals surface area contributed by atoms with Crippen LogP contribution in [0.15, 0.2) is 0 Å². The molecule has 1 aromatic rings. The van der Waals surface area contributed by atoms with E-state index in [9.17, 15) is 0 Å². The molecule has 1 aromatic heterocycles. The van der Waals surface area contributed by atoms with Gasteiger partial charge in [0.25, 0.3) is 0 Å². The van der Waals surface area contributed by atoms with Crippen molar-refractivity contribution in [3.63, 3.8) is 0 Å². The van der Waals surface area contributed by atoms with Crippen molar-refractivity contribution in [3.8, 4) is 12.3 Å². The lowest BCUT2D eigenvalue weighted by atomic mass is 10.1. The van der Waals surface area contributed by atoms with E-state index in [1.807, 2.05) is 27.7 Å². The van der Waals surface area contributed by atoms with Gasteiger partial charge in [-0.1, -0.05) is 24.4 Å². The minimum atomic E-state index is -0.451. The van der Waals surface area contributed by atoms with Gasteiger partial charge < -0.3 is 5.32 Å². The molecule has 0 aliphatic carbocycles. The number of nitrogens with one attached hydrogen (secondary N) is 1. The Labute approximate surface area is 102 Å². The Hall–Kier alpha value is -1.27. The molecule has 0 aliphatic rings. The molecule has 0 atom stereocenters. The number of halogens is 1. The van der Waals surface area contributed by atoms with Gasteiger partial charge in [0, 0.05) is 12.0 Å². The molecular weight excluding hydrogens is 222 g/mol. The molecule has 0 amide bonds. The number of aryl methyl sites for hydroxylation is 1. The lowest BCUT2D eigenvalue weighted by Crippen LogP contribution is -2.29. The molecule has 16 heavy (non-hydrogen) atoms. The van der Waals surface area contributed by atoms with Gasteiger partial charge in [-0.3, -0.25) is 0 Å². The summed E-state index contributed by atoms with van der Waals surface area (Å²) in [6.45, 7) is 7.68. The van der Waals surface area contributed by atoms with Gasteiger partial charge in [-0.15, -0.1) is 6.42 Å². The van der Waals surface area contributed by atoms with Crippen molar-refractivity contribution in [1.82, 2.24) is 9.97 Å². The Morgan fingerprint density at radius 1 is 1.44 bits per heavy atom. The molecule has 0 spiro atoms. The second kappa shape index (κ2) is 4.71. The Morgan fingerprint density at radius 2 is 2.06 bits per heavy atom. The lowest BCUT2D eigenvalue weighted by molar-refractivity contribution is 0.730. The predicted molar refractivity (Wildman–Crippen MR) is 67.7 cm³/mol. The maximum atomic E-state index is 6.03. The smallest absolute Gasteiger partial charge is 0.137 e. The minimum absolute atomic E-state index is 0.451. The Bertz CT molecular complexity index is 433. The average molecular weight is 238 g/mol. The van der Waals surface area contributed by atoms with Gasteiger partial charge in [-0.05, 0) is 20.8 Å². The van der Waals surface area contributed by atoms with Crippen LogP contribution in [0.3, 0.4) is 0 Å². The molecule has 1 heterocycles. The van der Waals surface area contributed by atoms with E-state index < -0.39 is 5.54 Å². The number of nitrogens with zero attached hydrogens (tertiary/aromatic N) is 2. The highest BCUT2D eigenvalue weighted by atomic mass is 35.5. The van der Waals surface area contributed by atoms with Crippen molar-refractivity contribution >= 4 is 17.4 Å². The van der Waals surface area contributed by atoms with Crippen LogP contribution in [0.25, 0.3) is 0 Å². The van der Waals surface area contributed by atoms with Crippen LogP contribution in [-0.4, -0.2) is 15.5 Å². The highest BCUT2D eigenvalue weighted by Gasteiger charge is 2.17. The van der Waals surface area contributed by atoms with Gasteiger partial charge in [-0.25, -0.2) is 9.97 Å². The molecule has 0 unspecified atom stereocenters. The maximum absolute atomic E-state index is 6.03. The van der Waals surface area contributed by atoms with E-state index >= 15 is 0 Å². The fourth-order valence-corrected chi connectivity index (χ4v) is 1.33. The van der Waals surface area contributed by atoms with Crippen molar-refractivity contribution in [3.05, 3.63) is 16.5 Å². The zero-order chi connectivity index (χ0) is 12.3. The van der Waals surface area contributed by atoms with E-state index in [-0.39, 0.29) is 0 Å². The van der Waals surface area contributed by atoms with Gasteiger partial charge >= 0.3 is 0 Å². The topological polar surface area (TPSA) is 37.8 Å². The van der Waals surface area contributed by atoms with Crippen LogP contribution in [0.5, 0.6) is 0 Å². The first kappa shape index (κ1) is 12.8. The molecule has 0 radical (unpaired) electrons. The number of hydrogen-bond acceptors (Lipinski definition) is 3. The van der Waals surface area contributed by atoms with Crippen molar-refractivity contribution < 1.29 is 0 Å². The summed E-state index contributed by atoms with van der Waals surface area (Å²) < 4.78 is 0. The summed E-state index contributed by atoms with van der Waals surface area (Å²) in [7, 11) is 0. The molecule has 0 aromatic carbocycles. The SMILES string of the molecule is C#CC(C)(C)Nc1nc(CC)nc(Cl)c1C. The highest BCUT2D eigenvalue weighted by Crippen LogP contribution is 2.22. The molecule has 0 saturated heterocycles. The summed E-state index contributed by atoms with van der Waals surface area (Å²) in [5.41, 5.74) is 0.371. The maximum Gasteiger partial charge on any atom is 0.137 e. The first-order valence-corrected chi connectivity index (χ1v) is 5.56. The zero-order valence-electron chi connectivity index (χ0n) is 10.1. The van der Waals surface area contributed by atoms with Crippen LogP contribution in [0, 0.1) is 19.3 Å². The summed E-state index contributed by atoms with van der Waals surface area (Å²) in [4.78, 5) is 8.55. The van der Waals surface area contributed by atoms with Crippen LogP contribution in [0.2, 0.25) is 5.15 Å². The number of hydrogen-bond donors (Lipinski definition) is 1. The quantitative estimate of drug-likeness (QED) is 0.649. The number of aromatic nitrogens is 2. The predicted octanol–water partition coefficient (Wildman–Crippen LogP) is 2.82. The summed E-state index contributed by atoms with van der Waals surface area (Å²) in [6, 6.07) is 0. The molecule has 0 saturated carbocycles. The van der Waals surface area contributed by atoms with E-state index in [0.29, 0.717) is 16.8 Å². The van der Waals surface area contributed by atoms with Crippen LogP contribution < -0.4 is 5.32 Å². The minimum Gasteiger partial charge on any atom is -0.354 e. The monoisotopic (exact) mass is 237 g/mol. The van der Waals surface area contributed by atoms with E-state index in [2.05, 4.69) is 21.2 Å². The molecule has 3 nitrogen and oxygen atoms in total. The molecule has 86 valence electrons. The molecule has 0 bridgehead atoms. The number of anilines is 1. The van der Waals surface area contributed by atoms with Crippen LogP contribution in [0.4, 0.5) is 5.82 Å². The van der Waals surface area contributed by atoms with E-state index in [4.69, 9.17) is 18.0 Å². The average Bonchev–Trinajstić information content (AvgIpc) is 2.24. The molecule has 0 aliphatic heterocycles. The fraction of sp³-hybridized carbons (Fsp3) is 0.500. The fourth-order valence-electron chi connectivity index (χ4n) is 1.14. The summed E-state index contributed by atoms with van der Waals surface area (Å²) >= 11 is 6.03. The van der Waals surface area contributed by atoms with Crippen LogP contribution in [-0.2, 0) is 6.42 Å². The summed E-state index contributed by atoms with van der Waals surface area (Å²) in [5.74, 6) is 4.08. The third kappa shape index (κ3) is 2.86. The Balaban J connectivity index is 3.14. The van der Waals surface area contributed by atoms with Gasteiger partial charge in [0.1, 0.15) is 16.8 Å². The molecule has 4 heteroatoms. The lowest BCUT2D eigenvalue weighted by Gasteiger charge is -2.22. The normalized spacial score (nSPS) is 11.0. The largest absolute Gasteiger partial charge is 0.354 e. The second-order valence-corrected chi connectivity index (χ2v) is 4.51.